The zero-order valence-corrected chi connectivity index (χ0v) is 11.9. The van der Waals surface area contributed by atoms with Gasteiger partial charge in [-0.2, -0.15) is 0 Å². The maximum atomic E-state index is 11.5. The molecule has 0 aliphatic rings. The molecule has 0 aromatic carbocycles. The van der Waals surface area contributed by atoms with Gasteiger partial charge in [0.1, 0.15) is 0 Å². The highest BCUT2D eigenvalue weighted by Crippen LogP contribution is 2.03. The van der Waals surface area contributed by atoms with Crippen LogP contribution < -0.4 is 5.32 Å². The molecule has 0 saturated heterocycles. The molecule has 0 aliphatic carbocycles. The van der Waals surface area contributed by atoms with Gasteiger partial charge >= 0.3 is 0 Å². The predicted octanol–water partition coefficient (Wildman–Crippen LogP) is 1.71. The van der Waals surface area contributed by atoms with E-state index in [2.05, 4.69) is 36.0 Å². The van der Waals surface area contributed by atoms with Crippen molar-refractivity contribution in [2.75, 3.05) is 20.6 Å². The van der Waals surface area contributed by atoms with Gasteiger partial charge in [0.05, 0.1) is 0 Å². The van der Waals surface area contributed by atoms with Gasteiger partial charge in [-0.3, -0.25) is 4.79 Å². The van der Waals surface area contributed by atoms with Gasteiger partial charge in [-0.05, 0) is 24.1 Å². The van der Waals surface area contributed by atoms with Gasteiger partial charge in [0.2, 0.25) is 5.91 Å². The molecule has 102 valence electrons. The van der Waals surface area contributed by atoms with Crippen LogP contribution in [-0.2, 0) is 17.9 Å². The number of carbonyl (C=O) groups excluding carboxylic acids is 1. The molecule has 1 aromatic heterocycles. The molecule has 0 fully saturated rings. The largest absolute Gasteiger partial charge is 0.353 e. The number of nitrogens with one attached hydrogen (secondary N) is 1. The Bertz CT molecular complexity index is 369. The van der Waals surface area contributed by atoms with Crippen LogP contribution in [0.3, 0.4) is 0 Å². The zero-order valence-electron chi connectivity index (χ0n) is 11.9. The van der Waals surface area contributed by atoms with Gasteiger partial charge in [-0.15, -0.1) is 0 Å². The molecule has 0 radical (unpaired) electrons. The van der Waals surface area contributed by atoms with Gasteiger partial charge in [-0.1, -0.05) is 13.8 Å². The van der Waals surface area contributed by atoms with Gasteiger partial charge in [0, 0.05) is 46.0 Å². The summed E-state index contributed by atoms with van der Waals surface area (Å²) in [7, 11) is 3.58. The van der Waals surface area contributed by atoms with Crippen LogP contribution in [0, 0.1) is 5.92 Å². The number of nitrogens with zero attached hydrogens (tertiary/aromatic N) is 2. The Balaban J connectivity index is 2.32. The Morgan fingerprint density at radius 3 is 2.78 bits per heavy atom. The Morgan fingerprint density at radius 1 is 1.44 bits per heavy atom. The number of rotatable bonds is 7. The molecule has 0 spiro atoms. The van der Waals surface area contributed by atoms with Gasteiger partial charge < -0.3 is 14.8 Å². The van der Waals surface area contributed by atoms with Crippen LogP contribution in [0.1, 0.15) is 25.8 Å². The molecular formula is C14H25N3O. The summed E-state index contributed by atoms with van der Waals surface area (Å²) in [6.45, 7) is 7.08. The normalized spacial score (nSPS) is 10.9. The minimum atomic E-state index is 0.170. The van der Waals surface area contributed by atoms with E-state index in [0.29, 0.717) is 12.3 Å². The molecule has 4 nitrogen and oxygen atoms in total. The molecule has 0 aliphatic heterocycles. The molecule has 1 amide bonds. The van der Waals surface area contributed by atoms with Crippen LogP contribution >= 0.6 is 0 Å². The first-order chi connectivity index (χ1) is 8.49. The minimum absolute atomic E-state index is 0.170. The number of amides is 1. The fraction of sp³-hybridized carbons (Fsp3) is 0.643. The highest BCUT2D eigenvalue weighted by molar-refractivity contribution is 5.75. The van der Waals surface area contributed by atoms with Crippen LogP contribution in [-0.4, -0.2) is 36.0 Å². The van der Waals surface area contributed by atoms with Crippen LogP contribution in [0.4, 0.5) is 0 Å². The Hall–Kier alpha value is -1.29. The number of carbonyl (C=O) groups is 1. The third-order valence-electron chi connectivity index (χ3n) is 2.78. The van der Waals surface area contributed by atoms with Crippen molar-refractivity contribution in [2.24, 2.45) is 5.92 Å². The van der Waals surface area contributed by atoms with Gasteiger partial charge in [0.25, 0.3) is 0 Å². The van der Waals surface area contributed by atoms with E-state index in [1.165, 1.54) is 5.56 Å². The van der Waals surface area contributed by atoms with Crippen LogP contribution in [0.15, 0.2) is 18.5 Å². The van der Waals surface area contributed by atoms with Gasteiger partial charge in [0.15, 0.2) is 0 Å². The lowest BCUT2D eigenvalue weighted by molar-refractivity contribution is -0.128. The number of hydrogen-bond donors (Lipinski definition) is 1. The summed E-state index contributed by atoms with van der Waals surface area (Å²) in [5.74, 6) is 0.841. The van der Waals surface area contributed by atoms with E-state index in [4.69, 9.17) is 0 Å². The topological polar surface area (TPSA) is 37.3 Å². The smallest absolute Gasteiger partial charge is 0.223 e. The maximum absolute atomic E-state index is 11.5. The summed E-state index contributed by atoms with van der Waals surface area (Å²) in [5, 5.41) is 3.41. The number of aromatic nitrogens is 1. The maximum Gasteiger partial charge on any atom is 0.223 e. The molecule has 4 heteroatoms. The minimum Gasteiger partial charge on any atom is -0.353 e. The lowest BCUT2D eigenvalue weighted by atomic mass is 10.2. The monoisotopic (exact) mass is 251 g/mol. The highest BCUT2D eigenvalue weighted by atomic mass is 16.2. The van der Waals surface area contributed by atoms with E-state index in [-0.39, 0.29) is 5.91 Å². The Morgan fingerprint density at radius 2 is 2.17 bits per heavy atom. The number of aryl methyl sites for hydroxylation is 1. The first kappa shape index (κ1) is 14.8. The lowest BCUT2D eigenvalue weighted by Crippen LogP contribution is -2.22. The molecular weight excluding hydrogens is 226 g/mol. The van der Waals surface area contributed by atoms with Crippen LogP contribution in [0.2, 0.25) is 0 Å². The van der Waals surface area contributed by atoms with Crippen molar-refractivity contribution in [1.29, 1.82) is 0 Å². The standard InChI is InChI=1S/C14H25N3O/c1-12(2)9-15-10-13-5-7-17(11-13)8-6-14(18)16(3)4/h5,7,11-12,15H,6,8-10H2,1-4H3. The first-order valence-electron chi connectivity index (χ1n) is 6.54. The summed E-state index contributed by atoms with van der Waals surface area (Å²) >= 11 is 0. The zero-order chi connectivity index (χ0) is 13.5. The van der Waals surface area contributed by atoms with Crippen molar-refractivity contribution >= 4 is 5.91 Å². The second-order valence-electron chi connectivity index (χ2n) is 5.32. The molecule has 0 saturated carbocycles. The Labute approximate surface area is 110 Å². The van der Waals surface area contributed by atoms with E-state index in [0.717, 1.165) is 19.6 Å². The molecule has 0 bridgehead atoms. The van der Waals surface area contributed by atoms with Gasteiger partial charge in [-0.25, -0.2) is 0 Å². The molecule has 1 aromatic rings. The molecule has 1 heterocycles. The SMILES string of the molecule is CC(C)CNCc1ccn(CCC(=O)N(C)C)c1. The van der Waals surface area contributed by atoms with Crippen molar-refractivity contribution in [3.8, 4) is 0 Å². The molecule has 1 N–H and O–H groups in total. The van der Waals surface area contributed by atoms with Crippen molar-refractivity contribution in [1.82, 2.24) is 14.8 Å². The predicted molar refractivity (Wildman–Crippen MR) is 74.3 cm³/mol. The average molecular weight is 251 g/mol. The molecule has 0 atom stereocenters. The fourth-order valence-corrected chi connectivity index (χ4v) is 1.69. The van der Waals surface area contributed by atoms with Crippen molar-refractivity contribution < 1.29 is 4.79 Å². The third kappa shape index (κ3) is 5.36. The quantitative estimate of drug-likeness (QED) is 0.801. The molecule has 18 heavy (non-hydrogen) atoms. The third-order valence-corrected chi connectivity index (χ3v) is 2.78. The molecule has 1 rings (SSSR count). The van der Waals surface area contributed by atoms with E-state index in [1.54, 1.807) is 19.0 Å². The summed E-state index contributed by atoms with van der Waals surface area (Å²) < 4.78 is 2.08. The van der Waals surface area contributed by atoms with Crippen molar-refractivity contribution in [2.45, 2.75) is 33.4 Å². The fourth-order valence-electron chi connectivity index (χ4n) is 1.69. The average Bonchev–Trinajstić information content (AvgIpc) is 2.73. The summed E-state index contributed by atoms with van der Waals surface area (Å²) in [5.41, 5.74) is 1.27. The van der Waals surface area contributed by atoms with Crippen LogP contribution in [0.5, 0.6) is 0 Å². The number of hydrogen-bond acceptors (Lipinski definition) is 2. The second kappa shape index (κ2) is 7.21. The summed E-state index contributed by atoms with van der Waals surface area (Å²) in [6.07, 6.45) is 4.70. The van der Waals surface area contributed by atoms with Crippen molar-refractivity contribution in [3.05, 3.63) is 24.0 Å². The summed E-state index contributed by atoms with van der Waals surface area (Å²) in [6, 6.07) is 2.10. The van der Waals surface area contributed by atoms with E-state index in [9.17, 15) is 4.79 Å². The lowest BCUT2D eigenvalue weighted by Gasteiger charge is -2.10. The Kier molecular flexibility index (Phi) is 5.92. The highest BCUT2D eigenvalue weighted by Gasteiger charge is 2.04. The van der Waals surface area contributed by atoms with E-state index >= 15 is 0 Å². The van der Waals surface area contributed by atoms with Crippen molar-refractivity contribution in [3.63, 3.8) is 0 Å². The van der Waals surface area contributed by atoms with E-state index < -0.39 is 0 Å². The second-order valence-corrected chi connectivity index (χ2v) is 5.32. The summed E-state index contributed by atoms with van der Waals surface area (Å²) in [4.78, 5) is 13.1. The molecule has 0 unspecified atom stereocenters. The first-order valence-corrected chi connectivity index (χ1v) is 6.54. The van der Waals surface area contributed by atoms with Crippen LogP contribution in [0.25, 0.3) is 0 Å². The van der Waals surface area contributed by atoms with E-state index in [1.807, 2.05) is 6.20 Å².